The first-order valence-electron chi connectivity index (χ1n) is 7.62. The molecule has 7 nitrogen and oxygen atoms in total. The molecule has 1 aromatic carbocycles. The van der Waals surface area contributed by atoms with Crippen molar-refractivity contribution in [3.63, 3.8) is 0 Å². The Labute approximate surface area is 136 Å². The third-order valence-electron chi connectivity index (χ3n) is 3.80. The van der Waals surface area contributed by atoms with Gasteiger partial charge in [-0.05, 0) is 50.5 Å². The smallest absolute Gasteiger partial charge is 0.253 e. The van der Waals surface area contributed by atoms with Gasteiger partial charge in [-0.2, -0.15) is 0 Å². The molecule has 0 saturated carbocycles. The van der Waals surface area contributed by atoms with Crippen LogP contribution in [0.2, 0.25) is 0 Å². The zero-order valence-corrected chi connectivity index (χ0v) is 14.2. The van der Waals surface area contributed by atoms with Crippen LogP contribution in [0.1, 0.15) is 25.3 Å². The summed E-state index contributed by atoms with van der Waals surface area (Å²) in [5.41, 5.74) is 7.37. The van der Waals surface area contributed by atoms with Crippen molar-refractivity contribution in [1.29, 1.82) is 0 Å². The summed E-state index contributed by atoms with van der Waals surface area (Å²) in [6, 6.07) is 5.02. The zero-order chi connectivity index (χ0) is 17.0. The monoisotopic (exact) mass is 341 g/mol. The highest BCUT2D eigenvalue weighted by molar-refractivity contribution is 7.92. The van der Waals surface area contributed by atoms with Crippen molar-refractivity contribution < 1.29 is 17.9 Å². The lowest BCUT2D eigenvalue weighted by atomic mass is 10.1. The van der Waals surface area contributed by atoms with Gasteiger partial charge in [-0.1, -0.05) is 0 Å². The molecule has 0 radical (unpaired) electrons. The highest BCUT2D eigenvalue weighted by atomic mass is 32.2. The molecule has 1 aromatic rings. The fourth-order valence-corrected chi connectivity index (χ4v) is 3.10. The summed E-state index contributed by atoms with van der Waals surface area (Å²) in [5.74, 6) is -0.200. The Morgan fingerprint density at radius 1 is 1.39 bits per heavy atom. The SMILES string of the molecule is CCS(=O)(=O)Nc1ccc(NC(=O)[C@@H]2CC[C@H](CN)O2)cc1C. The minimum absolute atomic E-state index is 0.00621. The van der Waals surface area contributed by atoms with Gasteiger partial charge in [0.25, 0.3) is 5.91 Å². The number of carbonyl (C=O) groups excluding carboxylic acids is 1. The Kier molecular flexibility index (Phi) is 5.61. The standard InChI is InChI=1S/C15H23N3O4S/c1-3-23(20,21)18-13-6-4-11(8-10(13)2)17-15(19)14-7-5-12(9-16)22-14/h4,6,8,12,14,18H,3,5,7,9,16H2,1-2H3,(H,17,19)/t12-,14+/m1/s1. The fraction of sp³-hybridized carbons (Fsp3) is 0.533. The molecule has 23 heavy (non-hydrogen) atoms. The van der Waals surface area contributed by atoms with Crippen LogP contribution in [0.5, 0.6) is 0 Å². The molecule has 2 atom stereocenters. The number of anilines is 2. The van der Waals surface area contributed by atoms with Gasteiger partial charge in [-0.3, -0.25) is 9.52 Å². The first-order chi connectivity index (χ1) is 10.8. The van der Waals surface area contributed by atoms with Crippen molar-refractivity contribution in [2.24, 2.45) is 5.73 Å². The van der Waals surface area contributed by atoms with Crippen LogP contribution in [-0.2, 0) is 19.6 Å². The summed E-state index contributed by atoms with van der Waals surface area (Å²) in [6.07, 6.45) is 0.896. The molecular weight excluding hydrogens is 318 g/mol. The van der Waals surface area contributed by atoms with Gasteiger partial charge >= 0.3 is 0 Å². The van der Waals surface area contributed by atoms with Crippen LogP contribution in [-0.4, -0.2) is 38.8 Å². The van der Waals surface area contributed by atoms with E-state index in [2.05, 4.69) is 10.0 Å². The molecule has 0 unspecified atom stereocenters. The van der Waals surface area contributed by atoms with Gasteiger partial charge in [0.15, 0.2) is 0 Å². The molecule has 2 rings (SSSR count). The maximum absolute atomic E-state index is 12.2. The third-order valence-corrected chi connectivity index (χ3v) is 5.09. The van der Waals surface area contributed by atoms with Gasteiger partial charge in [0.05, 0.1) is 17.5 Å². The molecule has 128 valence electrons. The molecule has 1 heterocycles. The second-order valence-corrected chi connectivity index (χ2v) is 7.60. The number of nitrogens with two attached hydrogens (primary N) is 1. The number of ether oxygens (including phenoxy) is 1. The van der Waals surface area contributed by atoms with E-state index in [1.807, 2.05) is 0 Å². The van der Waals surface area contributed by atoms with Crippen LogP contribution in [0.4, 0.5) is 11.4 Å². The Morgan fingerprint density at radius 3 is 2.70 bits per heavy atom. The number of rotatable bonds is 6. The Hall–Kier alpha value is -1.64. The first kappa shape index (κ1) is 17.7. The molecule has 8 heteroatoms. The number of amides is 1. The van der Waals surface area contributed by atoms with E-state index in [4.69, 9.17) is 10.5 Å². The molecular formula is C15H23N3O4S. The van der Waals surface area contributed by atoms with Crippen LogP contribution in [0.25, 0.3) is 0 Å². The van der Waals surface area contributed by atoms with E-state index in [1.165, 1.54) is 0 Å². The van der Waals surface area contributed by atoms with Crippen molar-refractivity contribution >= 4 is 27.3 Å². The number of nitrogens with one attached hydrogen (secondary N) is 2. The van der Waals surface area contributed by atoms with Crippen molar-refractivity contribution in [2.45, 2.75) is 38.9 Å². The van der Waals surface area contributed by atoms with Crippen LogP contribution >= 0.6 is 0 Å². The molecule has 0 bridgehead atoms. The largest absolute Gasteiger partial charge is 0.364 e. The molecule has 4 N–H and O–H groups in total. The number of hydrogen-bond donors (Lipinski definition) is 3. The quantitative estimate of drug-likeness (QED) is 0.720. The van der Waals surface area contributed by atoms with E-state index in [9.17, 15) is 13.2 Å². The maximum Gasteiger partial charge on any atom is 0.253 e. The average molecular weight is 341 g/mol. The van der Waals surface area contributed by atoms with Crippen molar-refractivity contribution in [3.05, 3.63) is 23.8 Å². The Morgan fingerprint density at radius 2 is 2.13 bits per heavy atom. The first-order valence-corrected chi connectivity index (χ1v) is 9.27. The molecule has 0 aromatic heterocycles. The summed E-state index contributed by atoms with van der Waals surface area (Å²) >= 11 is 0. The number of sulfonamides is 1. The lowest BCUT2D eigenvalue weighted by Gasteiger charge is -2.14. The normalized spacial score (nSPS) is 21.2. The summed E-state index contributed by atoms with van der Waals surface area (Å²) in [4.78, 5) is 12.2. The predicted molar refractivity (Wildman–Crippen MR) is 89.8 cm³/mol. The van der Waals surface area contributed by atoms with Crippen molar-refractivity contribution in [2.75, 3.05) is 22.3 Å². The fourth-order valence-electron chi connectivity index (χ4n) is 2.39. The van der Waals surface area contributed by atoms with Gasteiger partial charge < -0.3 is 15.8 Å². The topological polar surface area (TPSA) is 111 Å². The maximum atomic E-state index is 12.2. The third kappa shape index (κ3) is 4.66. The lowest BCUT2D eigenvalue weighted by molar-refractivity contribution is -0.126. The number of aryl methyl sites for hydroxylation is 1. The number of benzene rings is 1. The predicted octanol–water partition coefficient (Wildman–Crippen LogP) is 1.20. The van der Waals surface area contributed by atoms with Gasteiger partial charge in [0, 0.05) is 12.2 Å². The molecule has 0 aliphatic carbocycles. The summed E-state index contributed by atoms with van der Waals surface area (Å²) in [5, 5.41) is 2.79. The van der Waals surface area contributed by atoms with Crippen LogP contribution in [0, 0.1) is 6.92 Å². The van der Waals surface area contributed by atoms with Crippen LogP contribution in [0.3, 0.4) is 0 Å². The van der Waals surface area contributed by atoms with Crippen LogP contribution < -0.4 is 15.8 Å². The van der Waals surface area contributed by atoms with E-state index in [0.29, 0.717) is 24.3 Å². The molecule has 0 spiro atoms. The highest BCUT2D eigenvalue weighted by Gasteiger charge is 2.29. The zero-order valence-electron chi connectivity index (χ0n) is 13.3. The summed E-state index contributed by atoms with van der Waals surface area (Å²) < 4.78 is 31.3. The molecule has 1 aliphatic heterocycles. The van der Waals surface area contributed by atoms with Gasteiger partial charge in [0.2, 0.25) is 10.0 Å². The van der Waals surface area contributed by atoms with Gasteiger partial charge in [0.1, 0.15) is 6.10 Å². The average Bonchev–Trinajstić information content (AvgIpc) is 2.99. The van der Waals surface area contributed by atoms with E-state index >= 15 is 0 Å². The molecule has 1 fully saturated rings. The van der Waals surface area contributed by atoms with Gasteiger partial charge in [-0.15, -0.1) is 0 Å². The summed E-state index contributed by atoms with van der Waals surface area (Å²) in [6.45, 7) is 3.76. The molecule has 1 aliphatic rings. The lowest BCUT2D eigenvalue weighted by Crippen LogP contribution is -2.29. The highest BCUT2D eigenvalue weighted by Crippen LogP contribution is 2.23. The second-order valence-electron chi connectivity index (χ2n) is 5.58. The Balaban J connectivity index is 2.02. The van der Waals surface area contributed by atoms with Crippen molar-refractivity contribution in [1.82, 2.24) is 0 Å². The van der Waals surface area contributed by atoms with Gasteiger partial charge in [-0.25, -0.2) is 8.42 Å². The Bertz CT molecular complexity index is 675. The molecule has 1 saturated heterocycles. The number of carbonyl (C=O) groups is 1. The second kappa shape index (κ2) is 7.29. The van der Waals surface area contributed by atoms with E-state index < -0.39 is 16.1 Å². The van der Waals surface area contributed by atoms with Crippen molar-refractivity contribution in [3.8, 4) is 0 Å². The minimum Gasteiger partial charge on any atom is -0.364 e. The van der Waals surface area contributed by atoms with Crippen LogP contribution in [0.15, 0.2) is 18.2 Å². The van der Waals surface area contributed by atoms with E-state index in [0.717, 1.165) is 12.0 Å². The van der Waals surface area contributed by atoms with E-state index in [-0.39, 0.29) is 17.8 Å². The minimum atomic E-state index is -3.32. The molecule has 1 amide bonds. The number of hydrogen-bond acceptors (Lipinski definition) is 5. The summed E-state index contributed by atoms with van der Waals surface area (Å²) in [7, 11) is -3.32. The van der Waals surface area contributed by atoms with E-state index in [1.54, 1.807) is 32.0 Å².